The first-order valence-corrected chi connectivity index (χ1v) is 8.09. The molecule has 0 aromatic heterocycles. The van der Waals surface area contributed by atoms with Gasteiger partial charge in [0.1, 0.15) is 5.75 Å². The molecular formula is C17H23N3O4. The number of ether oxygens (including phenoxy) is 2. The molecule has 1 saturated heterocycles. The molecule has 0 bridgehead atoms. The van der Waals surface area contributed by atoms with Crippen LogP contribution in [-0.4, -0.2) is 47.7 Å². The van der Waals surface area contributed by atoms with E-state index in [0.717, 1.165) is 0 Å². The Labute approximate surface area is 141 Å². The molecule has 24 heavy (non-hydrogen) atoms. The number of carbonyl (C=O) groups is 2. The van der Waals surface area contributed by atoms with Crippen LogP contribution < -0.4 is 15.4 Å². The van der Waals surface area contributed by atoms with Gasteiger partial charge in [-0.25, -0.2) is 4.79 Å². The van der Waals surface area contributed by atoms with Crippen molar-refractivity contribution in [3.8, 4) is 5.75 Å². The maximum absolute atomic E-state index is 12.5. The van der Waals surface area contributed by atoms with Gasteiger partial charge >= 0.3 is 6.03 Å². The van der Waals surface area contributed by atoms with E-state index < -0.39 is 6.10 Å². The van der Waals surface area contributed by atoms with Crippen molar-refractivity contribution in [2.24, 2.45) is 0 Å². The number of rotatable bonds is 1. The molecule has 2 N–H and O–H groups in total. The second-order valence-corrected chi connectivity index (χ2v) is 6.96. The van der Waals surface area contributed by atoms with Gasteiger partial charge in [-0.3, -0.25) is 4.79 Å². The molecule has 1 aromatic rings. The van der Waals surface area contributed by atoms with Crippen LogP contribution in [0.25, 0.3) is 0 Å². The van der Waals surface area contributed by atoms with Gasteiger partial charge in [-0.2, -0.15) is 0 Å². The number of amides is 3. The van der Waals surface area contributed by atoms with Crippen molar-refractivity contribution in [1.82, 2.24) is 4.90 Å². The number of hydrogen-bond donors (Lipinski definition) is 2. The maximum Gasteiger partial charge on any atom is 0.322 e. The van der Waals surface area contributed by atoms with Crippen LogP contribution in [0.2, 0.25) is 0 Å². The molecular weight excluding hydrogens is 310 g/mol. The summed E-state index contributed by atoms with van der Waals surface area (Å²) in [5.41, 5.74) is 0.795. The zero-order valence-corrected chi connectivity index (χ0v) is 14.4. The van der Waals surface area contributed by atoms with Crippen molar-refractivity contribution in [1.29, 1.82) is 0 Å². The zero-order valence-electron chi connectivity index (χ0n) is 14.4. The van der Waals surface area contributed by atoms with E-state index in [1.54, 1.807) is 30.0 Å². The van der Waals surface area contributed by atoms with Crippen molar-refractivity contribution in [2.45, 2.75) is 45.5 Å². The Morgan fingerprint density at radius 1 is 1.38 bits per heavy atom. The van der Waals surface area contributed by atoms with Crippen LogP contribution in [0.4, 0.5) is 16.2 Å². The summed E-state index contributed by atoms with van der Waals surface area (Å²) in [6, 6.07) is 5.02. The SMILES string of the molecule is CC1CN(C(=O)Nc2ccc3c(c2)NC(=O)C(C)O3)CC(C)(C)O1. The first-order chi connectivity index (χ1) is 11.2. The fraction of sp³-hybridized carbons (Fsp3) is 0.529. The lowest BCUT2D eigenvalue weighted by Gasteiger charge is -2.41. The van der Waals surface area contributed by atoms with Crippen molar-refractivity contribution >= 4 is 23.3 Å². The van der Waals surface area contributed by atoms with E-state index in [1.165, 1.54) is 0 Å². The number of benzene rings is 1. The number of anilines is 2. The fourth-order valence-electron chi connectivity index (χ4n) is 3.10. The lowest BCUT2D eigenvalue weighted by Crippen LogP contribution is -2.54. The van der Waals surface area contributed by atoms with Crippen LogP contribution in [0.3, 0.4) is 0 Å². The highest BCUT2D eigenvalue weighted by Crippen LogP contribution is 2.32. The summed E-state index contributed by atoms with van der Waals surface area (Å²) in [4.78, 5) is 26.0. The van der Waals surface area contributed by atoms with Crippen LogP contribution in [0, 0.1) is 0 Å². The first kappa shape index (κ1) is 16.6. The standard InChI is InChI=1S/C17H23N3O4/c1-10-8-20(9-17(3,4)24-10)16(22)18-12-5-6-14-13(7-12)19-15(21)11(2)23-14/h5-7,10-11H,8-9H2,1-4H3,(H,18,22)(H,19,21). The summed E-state index contributed by atoms with van der Waals surface area (Å²) in [6.45, 7) is 8.64. The van der Waals surface area contributed by atoms with Gasteiger partial charge in [-0.05, 0) is 45.9 Å². The van der Waals surface area contributed by atoms with E-state index in [2.05, 4.69) is 10.6 Å². The van der Waals surface area contributed by atoms with Crippen LogP contribution >= 0.6 is 0 Å². The van der Waals surface area contributed by atoms with Crippen molar-refractivity contribution in [2.75, 3.05) is 23.7 Å². The molecule has 1 fully saturated rings. The van der Waals surface area contributed by atoms with Crippen molar-refractivity contribution in [3.05, 3.63) is 18.2 Å². The van der Waals surface area contributed by atoms with Gasteiger partial charge in [0, 0.05) is 12.2 Å². The molecule has 7 nitrogen and oxygen atoms in total. The minimum absolute atomic E-state index is 0.0165. The van der Waals surface area contributed by atoms with Gasteiger partial charge in [-0.15, -0.1) is 0 Å². The quantitative estimate of drug-likeness (QED) is 0.827. The van der Waals surface area contributed by atoms with Crippen LogP contribution in [0.5, 0.6) is 5.75 Å². The second-order valence-electron chi connectivity index (χ2n) is 6.96. The monoisotopic (exact) mass is 333 g/mol. The smallest absolute Gasteiger partial charge is 0.322 e. The van der Waals surface area contributed by atoms with E-state index in [9.17, 15) is 9.59 Å². The first-order valence-electron chi connectivity index (χ1n) is 8.09. The highest BCUT2D eigenvalue weighted by atomic mass is 16.5. The molecule has 0 aliphatic carbocycles. The summed E-state index contributed by atoms with van der Waals surface area (Å²) >= 11 is 0. The highest BCUT2D eigenvalue weighted by Gasteiger charge is 2.34. The average Bonchev–Trinajstić information content (AvgIpc) is 2.46. The Kier molecular flexibility index (Phi) is 4.13. The number of carbonyl (C=O) groups excluding carboxylic acids is 2. The molecule has 2 aliphatic rings. The second kappa shape index (κ2) is 5.98. The van der Waals surface area contributed by atoms with Crippen LogP contribution in [0.1, 0.15) is 27.7 Å². The summed E-state index contributed by atoms with van der Waals surface area (Å²) < 4.78 is 11.3. The number of nitrogens with zero attached hydrogens (tertiary/aromatic N) is 1. The van der Waals surface area contributed by atoms with Gasteiger partial charge < -0.3 is 25.0 Å². The molecule has 3 rings (SSSR count). The number of nitrogens with one attached hydrogen (secondary N) is 2. The van der Waals surface area contributed by atoms with E-state index in [0.29, 0.717) is 30.2 Å². The topological polar surface area (TPSA) is 79.9 Å². The molecule has 0 spiro atoms. The molecule has 7 heteroatoms. The van der Waals surface area contributed by atoms with Gasteiger partial charge in [-0.1, -0.05) is 0 Å². The summed E-state index contributed by atoms with van der Waals surface area (Å²) in [5, 5.41) is 5.64. The highest BCUT2D eigenvalue weighted by molar-refractivity contribution is 5.99. The Bertz CT molecular complexity index is 674. The predicted molar refractivity (Wildman–Crippen MR) is 90.4 cm³/mol. The Morgan fingerprint density at radius 3 is 2.83 bits per heavy atom. The van der Waals surface area contributed by atoms with Crippen molar-refractivity contribution in [3.63, 3.8) is 0 Å². The summed E-state index contributed by atoms with van der Waals surface area (Å²) in [6.07, 6.45) is -0.535. The average molecular weight is 333 g/mol. The van der Waals surface area contributed by atoms with E-state index >= 15 is 0 Å². The normalized spacial score (nSPS) is 25.3. The zero-order chi connectivity index (χ0) is 17.5. The molecule has 0 saturated carbocycles. The number of morpholine rings is 1. The molecule has 2 heterocycles. The number of fused-ring (bicyclic) bond motifs is 1. The lowest BCUT2D eigenvalue weighted by atomic mass is 10.1. The molecule has 1 aromatic carbocycles. The Hall–Kier alpha value is -2.28. The molecule has 0 radical (unpaired) electrons. The van der Waals surface area contributed by atoms with Crippen LogP contribution in [0.15, 0.2) is 18.2 Å². The third-order valence-electron chi connectivity index (χ3n) is 4.02. The maximum atomic E-state index is 12.5. The van der Waals surface area contributed by atoms with E-state index in [4.69, 9.17) is 9.47 Å². The van der Waals surface area contributed by atoms with Gasteiger partial charge in [0.15, 0.2) is 6.10 Å². The third-order valence-corrected chi connectivity index (χ3v) is 4.02. The molecule has 2 unspecified atom stereocenters. The Balaban J connectivity index is 1.71. The largest absolute Gasteiger partial charge is 0.479 e. The minimum atomic E-state index is -0.519. The molecule has 2 atom stereocenters. The lowest BCUT2D eigenvalue weighted by molar-refractivity contribution is -0.122. The van der Waals surface area contributed by atoms with E-state index in [1.807, 2.05) is 20.8 Å². The van der Waals surface area contributed by atoms with Gasteiger partial charge in [0.2, 0.25) is 0 Å². The summed E-state index contributed by atoms with van der Waals surface area (Å²) in [5.74, 6) is 0.399. The van der Waals surface area contributed by atoms with Crippen LogP contribution in [-0.2, 0) is 9.53 Å². The predicted octanol–water partition coefficient (Wildman–Crippen LogP) is 2.44. The number of urea groups is 1. The number of hydrogen-bond acceptors (Lipinski definition) is 4. The van der Waals surface area contributed by atoms with E-state index in [-0.39, 0.29) is 23.6 Å². The fourth-order valence-corrected chi connectivity index (χ4v) is 3.10. The van der Waals surface area contributed by atoms with Gasteiger partial charge in [0.25, 0.3) is 5.91 Å². The third kappa shape index (κ3) is 3.46. The molecule has 2 aliphatic heterocycles. The summed E-state index contributed by atoms with van der Waals surface area (Å²) in [7, 11) is 0. The minimum Gasteiger partial charge on any atom is -0.479 e. The Morgan fingerprint density at radius 2 is 2.12 bits per heavy atom. The molecule has 3 amide bonds. The van der Waals surface area contributed by atoms with Gasteiger partial charge in [0.05, 0.1) is 23.9 Å². The molecule has 130 valence electrons. The van der Waals surface area contributed by atoms with Crippen molar-refractivity contribution < 1.29 is 19.1 Å².